The highest BCUT2D eigenvalue weighted by molar-refractivity contribution is 5.63. The molecule has 0 heterocycles. The van der Waals surface area contributed by atoms with Crippen molar-refractivity contribution in [3.63, 3.8) is 0 Å². The van der Waals surface area contributed by atoms with Crippen LogP contribution in [0.15, 0.2) is 66.3 Å². The van der Waals surface area contributed by atoms with Gasteiger partial charge in [0.25, 0.3) is 0 Å². The molecule has 2 atom stereocenters. The zero-order valence-corrected chi connectivity index (χ0v) is 27.8. The monoisotopic (exact) mass is 556 g/mol. The van der Waals surface area contributed by atoms with E-state index in [-0.39, 0.29) is 0 Å². The minimum absolute atomic E-state index is 0.649. The van der Waals surface area contributed by atoms with Gasteiger partial charge in [-0.25, -0.2) is 0 Å². The quantitative estimate of drug-likeness (QED) is 0.244. The van der Waals surface area contributed by atoms with E-state index in [4.69, 9.17) is 18.9 Å². The average Bonchev–Trinajstić information content (AvgIpc) is 3.02. The fraction of sp³-hybridized carbons (Fsp3) is 0.556. The second kappa shape index (κ2) is 26.7. The summed E-state index contributed by atoms with van der Waals surface area (Å²) in [6, 6.07) is 16.4. The SMILES string of the molecule is C/C=C(/C)CCOC.C/C=C(/C)c1ccc(OC)cc1.CCC(C)CCOC.CCC(C)c1ccc(OC)cc1. The van der Waals surface area contributed by atoms with Crippen LogP contribution < -0.4 is 9.47 Å². The maximum absolute atomic E-state index is 5.08. The fourth-order valence-electron chi connectivity index (χ4n) is 3.12. The Labute approximate surface area is 247 Å². The summed E-state index contributed by atoms with van der Waals surface area (Å²) in [5.74, 6) is 3.32. The van der Waals surface area contributed by atoms with Gasteiger partial charge in [-0.3, -0.25) is 0 Å². The predicted molar refractivity (Wildman–Crippen MR) is 176 cm³/mol. The van der Waals surface area contributed by atoms with Crippen molar-refractivity contribution in [3.05, 3.63) is 77.4 Å². The normalized spacial score (nSPS) is 12.4. The van der Waals surface area contributed by atoms with Gasteiger partial charge in [-0.15, -0.1) is 0 Å². The highest BCUT2D eigenvalue weighted by Gasteiger charge is 2.01. The maximum atomic E-state index is 5.08. The fourth-order valence-corrected chi connectivity index (χ4v) is 3.12. The molecule has 2 aromatic carbocycles. The Morgan fingerprint density at radius 3 is 1.57 bits per heavy atom. The van der Waals surface area contributed by atoms with Crippen molar-refractivity contribution in [2.24, 2.45) is 5.92 Å². The van der Waals surface area contributed by atoms with Crippen LogP contribution in [0.5, 0.6) is 11.5 Å². The summed E-state index contributed by atoms with van der Waals surface area (Å²) in [6.07, 6.45) is 8.93. The molecule has 228 valence electrons. The van der Waals surface area contributed by atoms with Crippen LogP contribution in [0.25, 0.3) is 5.57 Å². The number of allylic oxidation sites excluding steroid dienone is 3. The standard InChI is InChI=1S/C11H16O.C11H14O.C7H16O.C7H14O/c2*1-4-9(2)10-5-7-11(12-3)8-6-10;2*1-4-7(2)5-6-8-3/h5-9H,4H2,1-3H3;4-8H,1-3H3;7H,4-6H2,1-3H3;4H,5-6H2,1-3H3/b;9-4-;;7-4-. The summed E-state index contributed by atoms with van der Waals surface area (Å²) in [7, 11) is 6.85. The molecule has 0 N–H and O–H groups in total. The van der Waals surface area contributed by atoms with Crippen molar-refractivity contribution < 1.29 is 18.9 Å². The van der Waals surface area contributed by atoms with Gasteiger partial charge in [0, 0.05) is 27.4 Å². The Morgan fingerprint density at radius 1 is 0.700 bits per heavy atom. The number of methoxy groups -OCH3 is 4. The molecule has 40 heavy (non-hydrogen) atoms. The molecule has 0 saturated heterocycles. The Bertz CT molecular complexity index is 882. The van der Waals surface area contributed by atoms with E-state index in [0.29, 0.717) is 5.92 Å². The lowest BCUT2D eigenvalue weighted by molar-refractivity contribution is 0.179. The van der Waals surface area contributed by atoms with E-state index in [1.807, 2.05) is 38.1 Å². The summed E-state index contributed by atoms with van der Waals surface area (Å²) in [6.45, 7) is 19.0. The number of hydrogen-bond acceptors (Lipinski definition) is 4. The first kappa shape index (κ1) is 39.6. The van der Waals surface area contributed by atoms with Crippen LogP contribution in [0.4, 0.5) is 0 Å². The molecule has 0 aromatic heterocycles. The second-order valence-electron chi connectivity index (χ2n) is 9.96. The third-order valence-corrected chi connectivity index (χ3v) is 6.98. The molecular weight excluding hydrogens is 496 g/mol. The van der Waals surface area contributed by atoms with Crippen LogP contribution in [0.2, 0.25) is 0 Å². The Kier molecular flexibility index (Phi) is 26.4. The lowest BCUT2D eigenvalue weighted by Gasteiger charge is -2.08. The molecule has 4 heteroatoms. The number of ether oxygens (including phenoxy) is 4. The molecule has 0 aliphatic heterocycles. The van der Waals surface area contributed by atoms with E-state index in [1.165, 1.54) is 41.5 Å². The number of benzene rings is 2. The van der Waals surface area contributed by atoms with Gasteiger partial charge in [-0.1, -0.05) is 76.1 Å². The average molecular weight is 557 g/mol. The lowest BCUT2D eigenvalue weighted by atomic mass is 9.99. The smallest absolute Gasteiger partial charge is 0.118 e. The summed E-state index contributed by atoms with van der Waals surface area (Å²) >= 11 is 0. The molecule has 2 rings (SSSR count). The number of hydrogen-bond donors (Lipinski definition) is 0. The van der Waals surface area contributed by atoms with Crippen molar-refractivity contribution in [2.45, 2.75) is 87.0 Å². The molecular formula is C36H60O4. The molecule has 0 fully saturated rings. The van der Waals surface area contributed by atoms with Crippen LogP contribution in [-0.4, -0.2) is 41.7 Å². The third-order valence-electron chi connectivity index (χ3n) is 6.98. The van der Waals surface area contributed by atoms with E-state index >= 15 is 0 Å². The zero-order valence-electron chi connectivity index (χ0n) is 27.8. The first-order chi connectivity index (χ1) is 19.2. The number of rotatable bonds is 12. The van der Waals surface area contributed by atoms with Gasteiger partial charge >= 0.3 is 0 Å². The van der Waals surface area contributed by atoms with Gasteiger partial charge in [0.1, 0.15) is 11.5 Å². The van der Waals surface area contributed by atoms with Crippen LogP contribution >= 0.6 is 0 Å². The Balaban J connectivity index is 0. The van der Waals surface area contributed by atoms with Crippen molar-refractivity contribution in [1.82, 2.24) is 0 Å². The molecule has 0 bridgehead atoms. The summed E-state index contributed by atoms with van der Waals surface area (Å²) in [5, 5.41) is 0. The van der Waals surface area contributed by atoms with Crippen LogP contribution in [-0.2, 0) is 9.47 Å². The summed E-state index contributed by atoms with van der Waals surface area (Å²) < 4.78 is 19.9. The molecule has 0 radical (unpaired) electrons. The Hall–Kier alpha value is -2.56. The highest BCUT2D eigenvalue weighted by Crippen LogP contribution is 2.21. The van der Waals surface area contributed by atoms with Crippen LogP contribution in [0.1, 0.15) is 98.1 Å². The van der Waals surface area contributed by atoms with E-state index in [9.17, 15) is 0 Å². The molecule has 4 nitrogen and oxygen atoms in total. The molecule has 0 amide bonds. The topological polar surface area (TPSA) is 36.9 Å². The van der Waals surface area contributed by atoms with Gasteiger partial charge in [0.05, 0.1) is 14.2 Å². The van der Waals surface area contributed by atoms with Crippen LogP contribution in [0.3, 0.4) is 0 Å². The highest BCUT2D eigenvalue weighted by atomic mass is 16.5. The summed E-state index contributed by atoms with van der Waals surface area (Å²) in [5.41, 5.74) is 5.32. The van der Waals surface area contributed by atoms with Crippen molar-refractivity contribution in [3.8, 4) is 11.5 Å². The van der Waals surface area contributed by atoms with Gasteiger partial charge in [-0.2, -0.15) is 0 Å². The van der Waals surface area contributed by atoms with E-state index in [2.05, 4.69) is 78.0 Å². The molecule has 0 aliphatic rings. The van der Waals surface area contributed by atoms with Crippen molar-refractivity contribution in [1.29, 1.82) is 0 Å². The van der Waals surface area contributed by atoms with E-state index < -0.39 is 0 Å². The van der Waals surface area contributed by atoms with E-state index in [1.54, 1.807) is 28.4 Å². The molecule has 0 saturated carbocycles. The van der Waals surface area contributed by atoms with Crippen molar-refractivity contribution >= 4 is 5.57 Å². The lowest BCUT2D eigenvalue weighted by Crippen LogP contribution is -1.97. The molecule has 2 aromatic rings. The molecule has 0 aliphatic carbocycles. The van der Waals surface area contributed by atoms with Gasteiger partial charge in [-0.05, 0) is 99.8 Å². The minimum Gasteiger partial charge on any atom is -0.497 e. The van der Waals surface area contributed by atoms with Crippen molar-refractivity contribution in [2.75, 3.05) is 41.7 Å². The molecule has 0 spiro atoms. The van der Waals surface area contributed by atoms with E-state index in [0.717, 1.165) is 37.1 Å². The van der Waals surface area contributed by atoms with Gasteiger partial charge < -0.3 is 18.9 Å². The van der Waals surface area contributed by atoms with Gasteiger partial charge in [0.2, 0.25) is 0 Å². The third kappa shape index (κ3) is 20.4. The van der Waals surface area contributed by atoms with Gasteiger partial charge in [0.15, 0.2) is 0 Å². The maximum Gasteiger partial charge on any atom is 0.118 e. The first-order valence-corrected chi connectivity index (χ1v) is 14.7. The zero-order chi connectivity index (χ0) is 30.8. The van der Waals surface area contributed by atoms with Crippen LogP contribution in [0, 0.1) is 5.92 Å². The first-order valence-electron chi connectivity index (χ1n) is 14.7. The second-order valence-corrected chi connectivity index (χ2v) is 9.96. The summed E-state index contributed by atoms with van der Waals surface area (Å²) in [4.78, 5) is 0. The molecule has 2 unspecified atom stereocenters. The predicted octanol–water partition coefficient (Wildman–Crippen LogP) is 10.4. The largest absolute Gasteiger partial charge is 0.497 e. The Morgan fingerprint density at radius 2 is 1.20 bits per heavy atom. The minimum atomic E-state index is 0.649.